The van der Waals surface area contributed by atoms with Crippen molar-refractivity contribution in [2.24, 2.45) is 44.4 Å². The van der Waals surface area contributed by atoms with Gasteiger partial charge in [0.25, 0.3) is 0 Å². The number of hydrogen-bond donors (Lipinski definition) is 13. The van der Waals surface area contributed by atoms with Gasteiger partial charge in [0.05, 0.1) is 6.04 Å². The van der Waals surface area contributed by atoms with Crippen LogP contribution in [0.3, 0.4) is 0 Å². The van der Waals surface area contributed by atoms with Crippen LogP contribution in [0.25, 0.3) is 0 Å². The number of carboxylic acid groups (broad SMARTS) is 1. The summed E-state index contributed by atoms with van der Waals surface area (Å²) < 4.78 is 0. The third-order valence-electron chi connectivity index (χ3n) is 10.5. The van der Waals surface area contributed by atoms with Crippen LogP contribution in [0.1, 0.15) is 96.5 Å². The van der Waals surface area contributed by atoms with E-state index in [1.165, 1.54) is 29.2 Å². The number of carbonyl (C=O) groups excluding carboxylic acids is 6. The number of carbonyl (C=O) groups is 7. The fourth-order valence-electron chi connectivity index (χ4n) is 6.94. The van der Waals surface area contributed by atoms with Crippen LogP contribution in [0.2, 0.25) is 0 Å². The maximum Gasteiger partial charge on any atom is 0.326 e. The fraction of sp³-hybridized carbons (Fsp3) is 0.634. The highest BCUT2D eigenvalue weighted by Crippen LogP contribution is 2.20. The van der Waals surface area contributed by atoms with Gasteiger partial charge in [-0.15, -0.1) is 0 Å². The van der Waals surface area contributed by atoms with Gasteiger partial charge < -0.3 is 76.1 Å². The topological polar surface area (TPSA) is 404 Å². The molecule has 2 rings (SSSR count). The van der Waals surface area contributed by atoms with Crippen LogP contribution in [-0.4, -0.2) is 137 Å². The Hall–Kier alpha value is -6.23. The van der Waals surface area contributed by atoms with E-state index in [-0.39, 0.29) is 75.8 Å². The molecule has 64 heavy (non-hydrogen) atoms. The minimum atomic E-state index is -1.37. The second kappa shape index (κ2) is 28.5. The van der Waals surface area contributed by atoms with Crippen LogP contribution in [0.4, 0.5) is 0 Å². The third kappa shape index (κ3) is 19.0. The fourth-order valence-corrected chi connectivity index (χ4v) is 6.94. The molecule has 0 bridgehead atoms. The summed E-state index contributed by atoms with van der Waals surface area (Å²) in [5.41, 5.74) is 34.3. The van der Waals surface area contributed by atoms with Crippen LogP contribution in [-0.2, 0) is 40.0 Å². The molecule has 1 fully saturated rings. The number of nitrogens with one attached hydrogen (secondary N) is 5. The summed E-state index contributed by atoms with van der Waals surface area (Å²) in [6.07, 6.45) is 4.29. The highest BCUT2D eigenvalue weighted by molar-refractivity contribution is 5.97. The number of nitrogens with zero attached hydrogens (tertiary/aromatic N) is 3. The maximum atomic E-state index is 14.1. The number of nitrogens with two attached hydrogens (primary N) is 6. The molecule has 23 nitrogen and oxygen atoms in total. The Labute approximate surface area is 373 Å². The number of hydrogen-bond acceptors (Lipinski definition) is 12. The van der Waals surface area contributed by atoms with Gasteiger partial charge in [-0.05, 0) is 69.1 Å². The lowest BCUT2D eigenvalue weighted by molar-refractivity contribution is -0.142. The minimum absolute atomic E-state index is 0.0387. The van der Waals surface area contributed by atoms with Crippen molar-refractivity contribution in [2.45, 2.75) is 140 Å². The molecule has 0 saturated carbocycles. The van der Waals surface area contributed by atoms with Gasteiger partial charge in [-0.3, -0.25) is 38.8 Å². The van der Waals surface area contributed by atoms with Crippen molar-refractivity contribution in [3.63, 3.8) is 0 Å². The van der Waals surface area contributed by atoms with Gasteiger partial charge in [0.15, 0.2) is 11.9 Å². The first kappa shape index (κ1) is 53.9. The lowest BCUT2D eigenvalue weighted by atomic mass is 10.0. The van der Waals surface area contributed by atoms with Crippen molar-refractivity contribution in [3.8, 4) is 5.75 Å². The van der Waals surface area contributed by atoms with Crippen LogP contribution in [0.15, 0.2) is 34.3 Å². The molecule has 7 atom stereocenters. The zero-order valence-electron chi connectivity index (χ0n) is 36.9. The molecule has 1 aromatic rings. The van der Waals surface area contributed by atoms with E-state index in [0.717, 1.165) is 0 Å². The van der Waals surface area contributed by atoms with E-state index >= 15 is 0 Å². The summed E-state index contributed by atoms with van der Waals surface area (Å²) in [5, 5.41) is 32.6. The molecular formula is C41H70N14O9. The number of aromatic hydroxyl groups is 1. The van der Waals surface area contributed by atoms with Crippen molar-refractivity contribution in [1.82, 2.24) is 31.5 Å². The lowest BCUT2D eigenvalue weighted by Gasteiger charge is -2.29. The number of phenolic OH excluding ortho intramolecular Hbond substituents is 1. The summed E-state index contributed by atoms with van der Waals surface area (Å²) in [5.74, 6) is -5.73. The molecule has 1 saturated heterocycles. The molecule has 0 aromatic heterocycles. The quantitative estimate of drug-likeness (QED) is 0.0220. The first-order valence-corrected chi connectivity index (χ1v) is 21.8. The molecule has 6 amide bonds. The van der Waals surface area contributed by atoms with Gasteiger partial charge in [0.2, 0.25) is 35.4 Å². The average Bonchev–Trinajstić information content (AvgIpc) is 3.75. The van der Waals surface area contributed by atoms with E-state index in [0.29, 0.717) is 50.5 Å². The zero-order valence-corrected chi connectivity index (χ0v) is 36.9. The number of guanidine groups is 2. The van der Waals surface area contributed by atoms with Gasteiger partial charge in [-0.25, -0.2) is 4.79 Å². The summed E-state index contributed by atoms with van der Waals surface area (Å²) in [6.45, 7) is 4.02. The summed E-state index contributed by atoms with van der Waals surface area (Å²) in [4.78, 5) is 104. The molecule has 23 heteroatoms. The molecule has 358 valence electrons. The summed E-state index contributed by atoms with van der Waals surface area (Å²) in [7, 11) is 0. The van der Waals surface area contributed by atoms with Crippen molar-refractivity contribution in [2.75, 3.05) is 26.2 Å². The molecule has 1 aromatic carbocycles. The normalized spacial score (nSPS) is 16.1. The first-order chi connectivity index (χ1) is 30.4. The Morgan fingerprint density at radius 2 is 1.16 bits per heavy atom. The van der Waals surface area contributed by atoms with Gasteiger partial charge in [-0.2, -0.15) is 0 Å². The second-order valence-electron chi connectivity index (χ2n) is 15.7. The number of likely N-dealkylation sites (tertiary alicyclic amines) is 1. The number of rotatable bonds is 29. The molecule has 1 heterocycles. The molecule has 0 spiro atoms. The van der Waals surface area contributed by atoms with Crippen LogP contribution in [0, 0.1) is 0 Å². The molecule has 0 unspecified atom stereocenters. The number of phenols is 1. The molecule has 1 aliphatic rings. The van der Waals surface area contributed by atoms with Crippen LogP contribution >= 0.6 is 0 Å². The Bertz CT molecular complexity index is 1760. The number of aliphatic carboxylic acids is 1. The van der Waals surface area contributed by atoms with Crippen LogP contribution < -0.4 is 61.0 Å². The largest absolute Gasteiger partial charge is 0.508 e. The van der Waals surface area contributed by atoms with Crippen molar-refractivity contribution in [1.29, 1.82) is 0 Å². The Morgan fingerprint density at radius 1 is 0.688 bits per heavy atom. The van der Waals surface area contributed by atoms with E-state index in [1.54, 1.807) is 0 Å². The van der Waals surface area contributed by atoms with Crippen molar-refractivity contribution >= 4 is 53.3 Å². The predicted octanol–water partition coefficient (Wildman–Crippen LogP) is -2.79. The smallest absolute Gasteiger partial charge is 0.326 e. The Balaban J connectivity index is 2.35. The van der Waals surface area contributed by atoms with Crippen molar-refractivity contribution in [3.05, 3.63) is 29.8 Å². The second-order valence-corrected chi connectivity index (χ2v) is 15.7. The standard InChI is InChI=1S/C41H70N14O9/c1-3-5-11-27(34(58)53-30(22-24-15-17-25(56)18-16-24)35(59)54-31(23-42)36(60)52-29(39(63)64)12-6-4-2)50-33(57)28(13-8-20-49-41(46)47)51-37(61)32-14-9-21-55(32)38(62)26(43)10-7-19-48-40(44)45/h15-18,26-32,56H,3-14,19-23,42-43H2,1-2H3,(H,50,57)(H,51,61)(H,52,60)(H,53,58)(H,54,59)(H,63,64)(H4,44,45,48)(H4,46,47,49)/t26-,27-,28-,29-,30-,31-,32-/m0/s1. The predicted molar refractivity (Wildman–Crippen MR) is 240 cm³/mol. The lowest BCUT2D eigenvalue weighted by Crippen LogP contribution is -2.60. The first-order valence-electron chi connectivity index (χ1n) is 21.8. The zero-order chi connectivity index (χ0) is 47.8. The number of carboxylic acids is 1. The SMILES string of the molecule is CCCC[C@H](NC(=O)[C@H](CN)NC(=O)[C@H](Cc1ccc(O)cc1)NC(=O)[C@H](CCCC)NC(=O)[C@H](CCCN=C(N)N)NC(=O)[C@@H]1CCCN1C(=O)[C@@H](N)CCCN=C(N)N)C(=O)O. The third-order valence-corrected chi connectivity index (χ3v) is 10.5. The number of aliphatic imine (C=N–C) groups is 2. The Kier molecular flexibility index (Phi) is 24.0. The average molecular weight is 903 g/mol. The molecule has 19 N–H and O–H groups in total. The minimum Gasteiger partial charge on any atom is -0.508 e. The van der Waals surface area contributed by atoms with E-state index < -0.39 is 90.3 Å². The monoisotopic (exact) mass is 903 g/mol. The van der Waals surface area contributed by atoms with Gasteiger partial charge in [0.1, 0.15) is 42.0 Å². The number of unbranched alkanes of at least 4 members (excludes halogenated alkanes) is 2. The molecule has 0 aliphatic carbocycles. The summed E-state index contributed by atoms with van der Waals surface area (Å²) >= 11 is 0. The summed E-state index contributed by atoms with van der Waals surface area (Å²) in [6, 6.07) is -2.36. The van der Waals surface area contributed by atoms with Crippen LogP contribution in [0.5, 0.6) is 5.75 Å². The Morgan fingerprint density at radius 3 is 1.70 bits per heavy atom. The van der Waals surface area contributed by atoms with Gasteiger partial charge in [0, 0.05) is 32.6 Å². The molecule has 0 radical (unpaired) electrons. The van der Waals surface area contributed by atoms with E-state index in [1.807, 2.05) is 13.8 Å². The van der Waals surface area contributed by atoms with Gasteiger partial charge in [-0.1, -0.05) is 51.7 Å². The number of amides is 6. The van der Waals surface area contributed by atoms with Crippen molar-refractivity contribution < 1.29 is 43.8 Å². The molecular weight excluding hydrogens is 833 g/mol. The van der Waals surface area contributed by atoms with E-state index in [9.17, 15) is 43.8 Å². The highest BCUT2D eigenvalue weighted by atomic mass is 16.4. The van der Waals surface area contributed by atoms with E-state index in [4.69, 9.17) is 34.4 Å². The number of benzene rings is 1. The molecule has 1 aliphatic heterocycles. The highest BCUT2D eigenvalue weighted by Gasteiger charge is 2.38. The van der Waals surface area contributed by atoms with Gasteiger partial charge >= 0.3 is 5.97 Å². The van der Waals surface area contributed by atoms with E-state index in [2.05, 4.69) is 36.6 Å². The maximum absolute atomic E-state index is 14.1.